The lowest BCUT2D eigenvalue weighted by atomic mass is 9.91. The van der Waals surface area contributed by atoms with Crippen LogP contribution in [0.25, 0.3) is 0 Å². The van der Waals surface area contributed by atoms with Gasteiger partial charge >= 0.3 is 0 Å². The summed E-state index contributed by atoms with van der Waals surface area (Å²) in [5.74, 6) is 1.07. The zero-order valence-corrected chi connectivity index (χ0v) is 13.6. The van der Waals surface area contributed by atoms with Crippen LogP contribution in [0.4, 0.5) is 0 Å². The fraction of sp³-hybridized carbons (Fsp3) is 0.667. The molecular weight excluding hydrogens is 246 g/mol. The molecule has 2 atom stereocenters. The van der Waals surface area contributed by atoms with Crippen LogP contribution in [0.1, 0.15) is 59.3 Å². The van der Waals surface area contributed by atoms with Gasteiger partial charge in [-0.3, -0.25) is 0 Å². The zero-order chi connectivity index (χ0) is 15.0. The van der Waals surface area contributed by atoms with Crippen molar-refractivity contribution in [1.29, 1.82) is 0 Å². The maximum absolute atomic E-state index is 10.2. The number of aliphatic hydroxyl groups excluding tert-OH is 1. The molecule has 0 heterocycles. The molecule has 0 saturated heterocycles. The maximum atomic E-state index is 10.2. The van der Waals surface area contributed by atoms with Gasteiger partial charge in [-0.15, -0.1) is 0 Å². The monoisotopic (exact) mass is 277 g/mol. The Morgan fingerprint density at radius 1 is 1.25 bits per heavy atom. The minimum atomic E-state index is 0.487. The van der Waals surface area contributed by atoms with E-state index in [1.54, 1.807) is 0 Å². The molecule has 0 fully saturated rings. The predicted octanol–water partition coefficient (Wildman–Crippen LogP) is 4.90. The number of aliphatic hydroxyl groups is 1. The molecule has 1 rings (SSSR count). The summed E-state index contributed by atoms with van der Waals surface area (Å²) in [4.78, 5) is 0. The highest BCUT2D eigenvalue weighted by molar-refractivity contribution is 5.29. The first-order chi connectivity index (χ1) is 9.56. The van der Waals surface area contributed by atoms with Crippen LogP contribution in [-0.4, -0.2) is 18.2 Å². The van der Waals surface area contributed by atoms with Crippen LogP contribution in [0.3, 0.4) is 0 Å². The maximum Gasteiger partial charge on any atom is 0.114 e. The molecule has 20 heavy (non-hydrogen) atoms. The Labute approximate surface area is 124 Å². The molecule has 2 unspecified atom stereocenters. The number of allylic oxidation sites excluding steroid dienone is 5. The van der Waals surface area contributed by atoms with Crippen LogP contribution >= 0.6 is 0 Å². The van der Waals surface area contributed by atoms with Crippen molar-refractivity contribution in [2.75, 3.05) is 7.05 Å². The van der Waals surface area contributed by atoms with Gasteiger partial charge in [0.05, 0.1) is 0 Å². The van der Waals surface area contributed by atoms with Crippen molar-refractivity contribution in [2.24, 2.45) is 5.92 Å². The van der Waals surface area contributed by atoms with Gasteiger partial charge in [0.1, 0.15) is 5.76 Å². The van der Waals surface area contributed by atoms with Crippen molar-refractivity contribution >= 4 is 0 Å². The highest BCUT2D eigenvalue weighted by atomic mass is 16.3. The lowest BCUT2D eigenvalue weighted by Crippen LogP contribution is -2.23. The molecule has 0 radical (unpaired) electrons. The van der Waals surface area contributed by atoms with Gasteiger partial charge in [-0.05, 0) is 63.6 Å². The van der Waals surface area contributed by atoms with Crippen LogP contribution in [-0.2, 0) is 0 Å². The molecule has 1 aliphatic carbocycles. The first-order valence-corrected chi connectivity index (χ1v) is 8.00. The summed E-state index contributed by atoms with van der Waals surface area (Å²) in [6.45, 7) is 6.70. The third kappa shape index (κ3) is 5.96. The van der Waals surface area contributed by atoms with E-state index in [-0.39, 0.29) is 0 Å². The summed E-state index contributed by atoms with van der Waals surface area (Å²) < 4.78 is 0. The van der Waals surface area contributed by atoms with Crippen LogP contribution in [0.5, 0.6) is 0 Å². The average Bonchev–Trinajstić information content (AvgIpc) is 2.41. The van der Waals surface area contributed by atoms with Gasteiger partial charge in [0.2, 0.25) is 0 Å². The zero-order valence-electron chi connectivity index (χ0n) is 13.6. The normalized spacial score (nSPS) is 27.1. The van der Waals surface area contributed by atoms with E-state index in [0.29, 0.717) is 17.7 Å². The number of nitrogens with one attached hydrogen (secondary N) is 1. The van der Waals surface area contributed by atoms with Gasteiger partial charge < -0.3 is 10.4 Å². The van der Waals surface area contributed by atoms with Gasteiger partial charge in [0, 0.05) is 6.04 Å². The van der Waals surface area contributed by atoms with Crippen LogP contribution in [0.2, 0.25) is 0 Å². The van der Waals surface area contributed by atoms with Gasteiger partial charge in [-0.1, -0.05) is 38.0 Å². The van der Waals surface area contributed by atoms with Crippen molar-refractivity contribution in [2.45, 2.75) is 65.3 Å². The minimum Gasteiger partial charge on any atom is -0.508 e. The fourth-order valence-corrected chi connectivity index (χ4v) is 2.80. The molecule has 2 N–H and O–H groups in total. The van der Waals surface area contributed by atoms with Crippen molar-refractivity contribution < 1.29 is 5.11 Å². The summed E-state index contributed by atoms with van der Waals surface area (Å²) >= 11 is 0. The van der Waals surface area contributed by atoms with Crippen molar-refractivity contribution in [3.05, 3.63) is 35.1 Å². The van der Waals surface area contributed by atoms with Crippen molar-refractivity contribution in [3.63, 3.8) is 0 Å². The molecular formula is C18H31NO. The van der Waals surface area contributed by atoms with E-state index >= 15 is 0 Å². The quantitative estimate of drug-likeness (QED) is 0.649. The lowest BCUT2D eigenvalue weighted by molar-refractivity contribution is 0.392. The Hall–Kier alpha value is -1.02. The summed E-state index contributed by atoms with van der Waals surface area (Å²) in [6, 6.07) is 0.529. The van der Waals surface area contributed by atoms with Gasteiger partial charge in [0.25, 0.3) is 0 Å². The van der Waals surface area contributed by atoms with Gasteiger partial charge in [-0.2, -0.15) is 0 Å². The first-order valence-electron chi connectivity index (χ1n) is 8.00. The third-order valence-electron chi connectivity index (χ3n) is 4.05. The molecule has 0 saturated carbocycles. The molecule has 0 aromatic carbocycles. The molecule has 1 aliphatic rings. The summed E-state index contributed by atoms with van der Waals surface area (Å²) in [7, 11) is 2.01. The molecule has 0 aromatic rings. The standard InChI is InChI=1S/C18H31NO/c1-5-7-16-8-6-9-18(20)17(11-10-16)13-14(2)12-15(3)19-4/h8-9,11,14-15,19-20H,5-7,10,12-13H2,1-4H3/b16-8-,17-11-,18-9-. The van der Waals surface area contributed by atoms with E-state index in [9.17, 15) is 5.11 Å². The molecule has 0 aromatic heterocycles. The van der Waals surface area contributed by atoms with Crippen molar-refractivity contribution in [3.8, 4) is 0 Å². The SMILES string of the molecule is CCC/C1=C/C/C=C(O)/C(CC(C)CC(C)NC)=C\C1. The first kappa shape index (κ1) is 17.0. The lowest BCUT2D eigenvalue weighted by Gasteiger charge is -2.19. The Balaban J connectivity index is 2.66. The van der Waals surface area contributed by atoms with E-state index < -0.39 is 0 Å². The van der Waals surface area contributed by atoms with Gasteiger partial charge in [-0.25, -0.2) is 0 Å². The van der Waals surface area contributed by atoms with Crippen LogP contribution < -0.4 is 5.32 Å². The third-order valence-corrected chi connectivity index (χ3v) is 4.05. The smallest absolute Gasteiger partial charge is 0.114 e. The Morgan fingerprint density at radius 2 is 2.00 bits per heavy atom. The molecule has 2 nitrogen and oxygen atoms in total. The molecule has 0 amide bonds. The summed E-state index contributed by atoms with van der Waals surface area (Å²) in [6.07, 6.45) is 12.8. The van der Waals surface area contributed by atoms with E-state index in [1.807, 2.05) is 13.1 Å². The van der Waals surface area contributed by atoms with Gasteiger partial charge in [0.15, 0.2) is 0 Å². The molecule has 114 valence electrons. The second-order valence-corrected chi connectivity index (χ2v) is 6.11. The average molecular weight is 277 g/mol. The summed E-state index contributed by atoms with van der Waals surface area (Å²) in [5, 5.41) is 13.5. The Kier molecular flexibility index (Phi) is 7.68. The number of hydrogen-bond acceptors (Lipinski definition) is 2. The topological polar surface area (TPSA) is 32.3 Å². The molecule has 0 bridgehead atoms. The highest BCUT2D eigenvalue weighted by Gasteiger charge is 2.13. The van der Waals surface area contributed by atoms with E-state index in [4.69, 9.17) is 0 Å². The second-order valence-electron chi connectivity index (χ2n) is 6.11. The molecule has 0 aliphatic heterocycles. The Bertz CT molecular complexity index is 379. The minimum absolute atomic E-state index is 0.487. The van der Waals surface area contributed by atoms with Crippen LogP contribution in [0, 0.1) is 5.92 Å². The van der Waals surface area contributed by atoms with Crippen LogP contribution in [0.15, 0.2) is 35.1 Å². The fourth-order valence-electron chi connectivity index (χ4n) is 2.80. The number of hydrogen-bond donors (Lipinski definition) is 2. The van der Waals surface area contributed by atoms with E-state index in [2.05, 4.69) is 38.2 Å². The number of rotatable bonds is 7. The Morgan fingerprint density at radius 3 is 2.65 bits per heavy atom. The van der Waals surface area contributed by atoms with E-state index in [1.165, 1.54) is 18.4 Å². The summed E-state index contributed by atoms with van der Waals surface area (Å²) in [5.41, 5.74) is 2.63. The second kappa shape index (κ2) is 9.02. The molecule has 2 heteroatoms. The predicted molar refractivity (Wildman–Crippen MR) is 87.9 cm³/mol. The largest absolute Gasteiger partial charge is 0.508 e. The molecule has 0 spiro atoms. The highest BCUT2D eigenvalue weighted by Crippen LogP contribution is 2.25. The van der Waals surface area contributed by atoms with E-state index in [0.717, 1.165) is 31.3 Å². The van der Waals surface area contributed by atoms with Crippen molar-refractivity contribution in [1.82, 2.24) is 5.32 Å².